The molecule has 0 saturated heterocycles. The molecule has 1 aromatic carbocycles. The minimum Gasteiger partial charge on any atom is -0.367 e. The van der Waals surface area contributed by atoms with Gasteiger partial charge in [0, 0.05) is 13.1 Å². The molecule has 2 aromatic rings. The van der Waals surface area contributed by atoms with Gasteiger partial charge in [-0.2, -0.15) is 4.98 Å². The molecule has 0 aliphatic heterocycles. The van der Waals surface area contributed by atoms with Crippen LogP contribution in [0.25, 0.3) is 0 Å². The second kappa shape index (κ2) is 7.43. The zero-order valence-electron chi connectivity index (χ0n) is 11.6. The third-order valence-corrected chi connectivity index (χ3v) is 2.83. The molecule has 0 unspecified atom stereocenters. The molecule has 0 amide bonds. The average molecular weight is 274 g/mol. The Kier molecular flexibility index (Phi) is 5.29. The lowest BCUT2D eigenvalue weighted by atomic mass is 10.1. The fraction of sp³-hybridized carbons (Fsp3) is 0.333. The highest BCUT2D eigenvalue weighted by atomic mass is 19.1. The molecule has 0 fully saturated rings. The minimum atomic E-state index is -0.430. The third kappa shape index (κ3) is 4.19. The zero-order valence-corrected chi connectivity index (χ0v) is 11.6. The van der Waals surface area contributed by atoms with Crippen molar-refractivity contribution in [2.75, 3.05) is 23.7 Å². The highest BCUT2D eigenvalue weighted by Crippen LogP contribution is 2.12. The number of nitrogens with zero attached hydrogens (tertiary/aromatic N) is 2. The lowest BCUT2D eigenvalue weighted by Crippen LogP contribution is -2.11. The maximum Gasteiger partial charge on any atom is 0.224 e. The van der Waals surface area contributed by atoms with Crippen molar-refractivity contribution in [2.45, 2.75) is 19.8 Å². The van der Waals surface area contributed by atoms with Crippen molar-refractivity contribution in [3.8, 4) is 0 Å². The van der Waals surface area contributed by atoms with Crippen LogP contribution < -0.4 is 10.6 Å². The van der Waals surface area contributed by atoms with E-state index in [2.05, 4.69) is 27.5 Å². The number of nitrogens with one attached hydrogen (secondary N) is 2. The van der Waals surface area contributed by atoms with E-state index in [0.29, 0.717) is 12.5 Å². The second-order valence-electron chi connectivity index (χ2n) is 4.48. The summed E-state index contributed by atoms with van der Waals surface area (Å²) < 4.78 is 13.6. The summed E-state index contributed by atoms with van der Waals surface area (Å²) in [5.41, 5.74) is 1.21. The average Bonchev–Trinajstić information content (AvgIpc) is 2.49. The van der Waals surface area contributed by atoms with Crippen molar-refractivity contribution < 1.29 is 4.39 Å². The molecule has 1 aromatic heterocycles. The molecule has 0 spiro atoms. The fourth-order valence-electron chi connectivity index (χ4n) is 1.78. The van der Waals surface area contributed by atoms with Gasteiger partial charge in [-0.15, -0.1) is 0 Å². The van der Waals surface area contributed by atoms with E-state index in [1.807, 2.05) is 30.3 Å². The number of hydrogen-bond donors (Lipinski definition) is 2. The Balaban J connectivity index is 1.91. The van der Waals surface area contributed by atoms with E-state index in [0.717, 1.165) is 19.4 Å². The normalized spacial score (nSPS) is 10.3. The second-order valence-corrected chi connectivity index (χ2v) is 4.48. The molecule has 0 aliphatic carbocycles. The lowest BCUT2D eigenvalue weighted by molar-refractivity contribution is 0.617. The summed E-state index contributed by atoms with van der Waals surface area (Å²) in [6.07, 6.45) is 2.98. The van der Waals surface area contributed by atoms with Gasteiger partial charge in [-0.25, -0.2) is 9.37 Å². The summed E-state index contributed by atoms with van der Waals surface area (Å²) in [6.45, 7) is 3.45. The topological polar surface area (TPSA) is 49.8 Å². The lowest BCUT2D eigenvalue weighted by Gasteiger charge is -2.09. The molecular formula is C15H19FN4. The molecule has 4 nitrogen and oxygen atoms in total. The molecule has 0 radical (unpaired) electrons. The summed E-state index contributed by atoms with van der Waals surface area (Å²) in [4.78, 5) is 8.04. The number of anilines is 2. The van der Waals surface area contributed by atoms with Crippen molar-refractivity contribution in [1.82, 2.24) is 9.97 Å². The summed E-state index contributed by atoms with van der Waals surface area (Å²) in [5.74, 6) is 0.269. The Bertz CT molecular complexity index is 531. The largest absolute Gasteiger partial charge is 0.367 e. The van der Waals surface area contributed by atoms with Gasteiger partial charge in [-0.05, 0) is 18.4 Å². The van der Waals surface area contributed by atoms with E-state index in [4.69, 9.17) is 0 Å². The van der Waals surface area contributed by atoms with Crippen molar-refractivity contribution in [3.05, 3.63) is 47.9 Å². The number of hydrogen-bond acceptors (Lipinski definition) is 4. The Labute approximate surface area is 118 Å². The first-order valence-corrected chi connectivity index (χ1v) is 6.84. The van der Waals surface area contributed by atoms with E-state index in [1.54, 1.807) is 0 Å². The van der Waals surface area contributed by atoms with Gasteiger partial charge < -0.3 is 10.6 Å². The van der Waals surface area contributed by atoms with E-state index < -0.39 is 5.82 Å². The monoisotopic (exact) mass is 274 g/mol. The van der Waals surface area contributed by atoms with Crippen molar-refractivity contribution >= 4 is 11.8 Å². The third-order valence-electron chi connectivity index (χ3n) is 2.83. The maximum absolute atomic E-state index is 13.6. The van der Waals surface area contributed by atoms with Crippen LogP contribution in [0.5, 0.6) is 0 Å². The van der Waals surface area contributed by atoms with Crippen molar-refractivity contribution in [1.29, 1.82) is 0 Å². The Hall–Kier alpha value is -2.17. The number of benzene rings is 1. The molecule has 5 heteroatoms. The molecule has 106 valence electrons. The summed E-state index contributed by atoms with van der Waals surface area (Å²) >= 11 is 0. The predicted molar refractivity (Wildman–Crippen MR) is 79.4 cm³/mol. The van der Waals surface area contributed by atoms with Gasteiger partial charge in [0.1, 0.15) is 0 Å². The standard InChI is InChI=1S/C15H19FN4/c1-2-9-18-15-19-11-13(16)14(20-15)17-10-8-12-6-4-3-5-7-12/h3-7,11H,2,8-10H2,1H3,(H2,17,18,19,20). The van der Waals surface area contributed by atoms with Crippen LogP contribution in [0.2, 0.25) is 0 Å². The van der Waals surface area contributed by atoms with Gasteiger partial charge in [-0.1, -0.05) is 37.3 Å². The van der Waals surface area contributed by atoms with Gasteiger partial charge >= 0.3 is 0 Å². The van der Waals surface area contributed by atoms with Crippen LogP contribution >= 0.6 is 0 Å². The molecule has 1 heterocycles. The fourth-order valence-corrected chi connectivity index (χ4v) is 1.78. The molecule has 20 heavy (non-hydrogen) atoms. The van der Waals surface area contributed by atoms with Crippen molar-refractivity contribution in [3.63, 3.8) is 0 Å². The van der Waals surface area contributed by atoms with Crippen LogP contribution in [-0.4, -0.2) is 23.1 Å². The summed E-state index contributed by atoms with van der Waals surface area (Å²) in [6, 6.07) is 10.1. The molecule has 2 N–H and O–H groups in total. The highest BCUT2D eigenvalue weighted by molar-refractivity contribution is 5.41. The van der Waals surface area contributed by atoms with E-state index >= 15 is 0 Å². The van der Waals surface area contributed by atoms with Crippen LogP contribution in [0.3, 0.4) is 0 Å². The number of halogens is 1. The molecule has 2 rings (SSSR count). The van der Waals surface area contributed by atoms with Crippen LogP contribution in [0.1, 0.15) is 18.9 Å². The first-order chi connectivity index (χ1) is 9.79. The Morgan fingerprint density at radius 3 is 2.65 bits per heavy atom. The molecule has 0 bridgehead atoms. The molecular weight excluding hydrogens is 255 g/mol. The first kappa shape index (κ1) is 14.2. The van der Waals surface area contributed by atoms with Crippen LogP contribution in [0, 0.1) is 5.82 Å². The molecule has 0 saturated carbocycles. The first-order valence-electron chi connectivity index (χ1n) is 6.84. The minimum absolute atomic E-state index is 0.245. The molecule has 0 atom stereocenters. The van der Waals surface area contributed by atoms with Crippen LogP contribution in [-0.2, 0) is 6.42 Å². The highest BCUT2D eigenvalue weighted by Gasteiger charge is 2.06. The van der Waals surface area contributed by atoms with Gasteiger partial charge in [-0.3, -0.25) is 0 Å². The quantitative estimate of drug-likeness (QED) is 0.814. The van der Waals surface area contributed by atoms with Gasteiger partial charge in [0.05, 0.1) is 6.20 Å². The van der Waals surface area contributed by atoms with Gasteiger partial charge in [0.25, 0.3) is 0 Å². The smallest absolute Gasteiger partial charge is 0.224 e. The van der Waals surface area contributed by atoms with Gasteiger partial charge in [0.2, 0.25) is 5.95 Å². The van der Waals surface area contributed by atoms with Crippen LogP contribution in [0.15, 0.2) is 36.5 Å². The van der Waals surface area contributed by atoms with Crippen molar-refractivity contribution in [2.24, 2.45) is 0 Å². The Morgan fingerprint density at radius 2 is 1.90 bits per heavy atom. The maximum atomic E-state index is 13.6. The SMILES string of the molecule is CCCNc1ncc(F)c(NCCc2ccccc2)n1. The summed E-state index contributed by atoms with van der Waals surface area (Å²) in [5, 5.41) is 6.05. The Morgan fingerprint density at radius 1 is 1.10 bits per heavy atom. The van der Waals surface area contributed by atoms with E-state index in [-0.39, 0.29) is 5.82 Å². The molecule has 0 aliphatic rings. The summed E-state index contributed by atoms with van der Waals surface area (Å²) in [7, 11) is 0. The number of aromatic nitrogens is 2. The zero-order chi connectivity index (χ0) is 14.2. The van der Waals surface area contributed by atoms with E-state index in [9.17, 15) is 4.39 Å². The predicted octanol–water partition coefficient (Wildman–Crippen LogP) is 3.09. The number of rotatable bonds is 7. The van der Waals surface area contributed by atoms with E-state index in [1.165, 1.54) is 11.8 Å². The van der Waals surface area contributed by atoms with Crippen LogP contribution in [0.4, 0.5) is 16.2 Å². The van der Waals surface area contributed by atoms with Gasteiger partial charge in [0.15, 0.2) is 11.6 Å².